The van der Waals surface area contributed by atoms with Crippen molar-refractivity contribution in [1.29, 1.82) is 0 Å². The predicted molar refractivity (Wildman–Crippen MR) is 89.2 cm³/mol. The Morgan fingerprint density at radius 1 is 0.900 bits per heavy atom. The minimum atomic E-state index is -2.11. The Labute approximate surface area is 123 Å². The Hall–Kier alpha value is -1.64. The fourth-order valence-electron chi connectivity index (χ4n) is 2.22. The Kier molecular flexibility index (Phi) is 4.93. The van der Waals surface area contributed by atoms with Crippen LogP contribution in [0.1, 0.15) is 13.8 Å². The third-order valence-electron chi connectivity index (χ3n) is 3.51. The van der Waals surface area contributed by atoms with Gasteiger partial charge in [0.15, 0.2) is 0 Å². The quantitative estimate of drug-likeness (QED) is 0.603. The monoisotopic (exact) mass is 282 g/mol. The van der Waals surface area contributed by atoms with Crippen molar-refractivity contribution >= 4 is 18.7 Å². The number of rotatable bonds is 5. The summed E-state index contributed by atoms with van der Waals surface area (Å²) in [5, 5.41) is 2.63. The molecule has 0 aromatic heterocycles. The first-order valence-corrected chi connectivity index (χ1v) is 9.42. The van der Waals surface area contributed by atoms with Gasteiger partial charge >= 0.3 is 0 Å². The molecule has 0 fully saturated rings. The van der Waals surface area contributed by atoms with E-state index in [1.54, 1.807) is 0 Å². The standard InChI is InChI=1S/C18H22OSi/c1-16(2)14-15-19-20(3,17-10-6-4-7-11-17)18-12-8-5-9-13-18/h4-14H,15H2,1-3H3. The molecule has 0 aliphatic rings. The summed E-state index contributed by atoms with van der Waals surface area (Å²) < 4.78 is 6.38. The summed E-state index contributed by atoms with van der Waals surface area (Å²) in [6, 6.07) is 21.2. The van der Waals surface area contributed by atoms with Crippen LogP contribution in [0.5, 0.6) is 0 Å². The summed E-state index contributed by atoms with van der Waals surface area (Å²) in [6.45, 7) is 7.16. The molecule has 0 amide bonds. The first kappa shape index (κ1) is 14.8. The molecule has 0 bridgehead atoms. The highest BCUT2D eigenvalue weighted by atomic mass is 28.4. The highest BCUT2D eigenvalue weighted by Crippen LogP contribution is 2.08. The zero-order chi connectivity index (χ0) is 14.4. The van der Waals surface area contributed by atoms with Crippen molar-refractivity contribution < 1.29 is 4.43 Å². The van der Waals surface area contributed by atoms with Crippen LogP contribution in [0.2, 0.25) is 6.55 Å². The molecule has 0 aliphatic heterocycles. The summed E-state index contributed by atoms with van der Waals surface area (Å²) in [5.41, 5.74) is 1.29. The molecule has 1 nitrogen and oxygen atoms in total. The fourth-order valence-corrected chi connectivity index (χ4v) is 4.96. The number of benzene rings is 2. The van der Waals surface area contributed by atoms with Crippen molar-refractivity contribution in [2.45, 2.75) is 20.4 Å². The number of hydrogen-bond donors (Lipinski definition) is 0. The van der Waals surface area contributed by atoms with Crippen LogP contribution in [-0.4, -0.2) is 14.9 Å². The lowest BCUT2D eigenvalue weighted by molar-refractivity contribution is 0.366. The highest BCUT2D eigenvalue weighted by Gasteiger charge is 2.33. The van der Waals surface area contributed by atoms with Crippen molar-refractivity contribution in [3.8, 4) is 0 Å². The van der Waals surface area contributed by atoms with Crippen molar-refractivity contribution in [3.63, 3.8) is 0 Å². The van der Waals surface area contributed by atoms with Gasteiger partial charge in [-0.1, -0.05) is 72.3 Å². The van der Waals surface area contributed by atoms with Gasteiger partial charge in [0.2, 0.25) is 0 Å². The van der Waals surface area contributed by atoms with Crippen LogP contribution in [0.4, 0.5) is 0 Å². The molecule has 0 radical (unpaired) electrons. The lowest BCUT2D eigenvalue weighted by Crippen LogP contribution is -2.58. The van der Waals surface area contributed by atoms with E-state index in [0.717, 1.165) is 0 Å². The molecule has 2 aromatic carbocycles. The molecular weight excluding hydrogens is 260 g/mol. The first-order valence-electron chi connectivity index (χ1n) is 7.01. The van der Waals surface area contributed by atoms with Gasteiger partial charge in [-0.2, -0.15) is 0 Å². The Morgan fingerprint density at radius 3 is 1.75 bits per heavy atom. The van der Waals surface area contributed by atoms with Crippen molar-refractivity contribution in [1.82, 2.24) is 0 Å². The smallest absolute Gasteiger partial charge is 0.253 e. The second-order valence-corrected chi connectivity index (χ2v) is 8.87. The van der Waals surface area contributed by atoms with E-state index in [1.165, 1.54) is 15.9 Å². The van der Waals surface area contributed by atoms with Crippen LogP contribution in [0, 0.1) is 0 Å². The largest absolute Gasteiger partial charge is 0.405 e. The summed E-state index contributed by atoms with van der Waals surface area (Å²) in [6.07, 6.45) is 2.15. The SMILES string of the molecule is CC(C)=CCO[Si](C)(c1ccccc1)c1ccccc1. The maximum atomic E-state index is 6.38. The van der Waals surface area contributed by atoms with E-state index in [9.17, 15) is 0 Å². The predicted octanol–water partition coefficient (Wildman–Crippen LogP) is 3.36. The van der Waals surface area contributed by atoms with Gasteiger partial charge in [0, 0.05) is 0 Å². The normalized spacial score (nSPS) is 11.2. The Balaban J connectivity index is 2.36. The summed E-state index contributed by atoms with van der Waals surface area (Å²) in [5.74, 6) is 0. The van der Waals surface area contributed by atoms with Crippen LogP contribution >= 0.6 is 0 Å². The van der Waals surface area contributed by atoms with Gasteiger partial charge in [-0.15, -0.1) is 0 Å². The molecule has 2 rings (SSSR count). The molecule has 0 unspecified atom stereocenters. The van der Waals surface area contributed by atoms with Gasteiger partial charge in [-0.3, -0.25) is 0 Å². The van der Waals surface area contributed by atoms with Crippen molar-refractivity contribution in [2.75, 3.05) is 6.61 Å². The van der Waals surface area contributed by atoms with E-state index in [-0.39, 0.29) is 0 Å². The van der Waals surface area contributed by atoms with E-state index < -0.39 is 8.32 Å². The Bertz CT molecular complexity index is 517. The van der Waals surface area contributed by atoms with Crippen LogP contribution in [0.25, 0.3) is 0 Å². The zero-order valence-corrected chi connectivity index (χ0v) is 13.5. The lowest BCUT2D eigenvalue weighted by atomic mass is 10.3. The third-order valence-corrected chi connectivity index (χ3v) is 7.13. The van der Waals surface area contributed by atoms with E-state index in [4.69, 9.17) is 4.43 Å². The number of hydrogen-bond acceptors (Lipinski definition) is 1. The van der Waals surface area contributed by atoms with E-state index in [0.29, 0.717) is 6.61 Å². The maximum Gasteiger partial charge on any atom is 0.253 e. The second-order valence-electron chi connectivity index (χ2n) is 5.36. The molecule has 0 spiro atoms. The van der Waals surface area contributed by atoms with E-state index in [2.05, 4.69) is 87.1 Å². The summed E-state index contributed by atoms with van der Waals surface area (Å²) in [7, 11) is -2.11. The summed E-state index contributed by atoms with van der Waals surface area (Å²) >= 11 is 0. The topological polar surface area (TPSA) is 9.23 Å². The average Bonchev–Trinajstić information content (AvgIpc) is 2.48. The first-order chi connectivity index (χ1) is 9.63. The van der Waals surface area contributed by atoms with Gasteiger partial charge in [0.25, 0.3) is 8.32 Å². The Morgan fingerprint density at radius 2 is 1.35 bits per heavy atom. The van der Waals surface area contributed by atoms with Crippen LogP contribution in [0.3, 0.4) is 0 Å². The van der Waals surface area contributed by atoms with Crippen molar-refractivity contribution in [3.05, 3.63) is 72.3 Å². The molecule has 0 saturated heterocycles. The average molecular weight is 282 g/mol. The molecule has 20 heavy (non-hydrogen) atoms. The molecular formula is C18H22OSi. The third kappa shape index (κ3) is 3.47. The molecule has 0 aliphatic carbocycles. The van der Waals surface area contributed by atoms with Gasteiger partial charge in [-0.25, -0.2) is 0 Å². The van der Waals surface area contributed by atoms with Gasteiger partial charge in [-0.05, 0) is 30.8 Å². The molecule has 2 heteroatoms. The fraction of sp³-hybridized carbons (Fsp3) is 0.222. The minimum absolute atomic E-state index is 0.675. The molecule has 0 atom stereocenters. The van der Waals surface area contributed by atoms with E-state index in [1.807, 2.05) is 0 Å². The van der Waals surface area contributed by atoms with Gasteiger partial charge < -0.3 is 4.43 Å². The van der Waals surface area contributed by atoms with E-state index >= 15 is 0 Å². The highest BCUT2D eigenvalue weighted by molar-refractivity contribution is 6.96. The maximum absolute atomic E-state index is 6.38. The second kappa shape index (κ2) is 6.68. The molecule has 0 saturated carbocycles. The van der Waals surface area contributed by atoms with Gasteiger partial charge in [0.1, 0.15) is 0 Å². The van der Waals surface area contributed by atoms with Crippen LogP contribution < -0.4 is 10.4 Å². The van der Waals surface area contributed by atoms with Gasteiger partial charge in [0.05, 0.1) is 6.61 Å². The van der Waals surface area contributed by atoms with Crippen LogP contribution in [0.15, 0.2) is 72.3 Å². The molecule has 2 aromatic rings. The molecule has 104 valence electrons. The zero-order valence-electron chi connectivity index (χ0n) is 12.5. The van der Waals surface area contributed by atoms with Crippen molar-refractivity contribution in [2.24, 2.45) is 0 Å². The van der Waals surface area contributed by atoms with Crippen LogP contribution in [-0.2, 0) is 4.43 Å². The molecule has 0 heterocycles. The lowest BCUT2D eigenvalue weighted by Gasteiger charge is -2.28. The molecule has 0 N–H and O–H groups in total. The number of allylic oxidation sites excluding steroid dienone is 1. The minimum Gasteiger partial charge on any atom is -0.405 e. The summed E-state index contributed by atoms with van der Waals surface area (Å²) in [4.78, 5) is 0.